The van der Waals surface area contributed by atoms with Gasteiger partial charge in [0.1, 0.15) is 5.75 Å². The van der Waals surface area contributed by atoms with Gasteiger partial charge in [-0.3, -0.25) is 4.79 Å². The highest BCUT2D eigenvalue weighted by Gasteiger charge is 2.27. The van der Waals surface area contributed by atoms with E-state index in [4.69, 9.17) is 15.2 Å². The van der Waals surface area contributed by atoms with Gasteiger partial charge < -0.3 is 20.5 Å². The second-order valence-electron chi connectivity index (χ2n) is 6.35. The number of benzene rings is 1. The molecule has 0 radical (unpaired) electrons. The fraction of sp³-hybridized carbons (Fsp3) is 0.474. The van der Waals surface area contributed by atoms with E-state index in [9.17, 15) is 4.79 Å². The minimum atomic E-state index is -0.531. The standard InChI is InChI=1S/C19H25N3O3S.ClH/c1-3-25-15-6-4-14(5-7-15)17-12(2)26-19(21-17)22-18(23)16(20)13-8-10-24-11-9-13;/h4-7,13,16H,3,8-11,20H2,1-2H3,(H,21,22,23);1H. The molecule has 1 aliphatic rings. The number of halogens is 1. The lowest BCUT2D eigenvalue weighted by molar-refractivity contribution is -0.119. The molecule has 1 unspecified atom stereocenters. The zero-order chi connectivity index (χ0) is 18.5. The predicted octanol–water partition coefficient (Wildman–Crippen LogP) is 3.63. The van der Waals surface area contributed by atoms with Gasteiger partial charge in [-0.1, -0.05) is 0 Å². The molecule has 3 rings (SSSR count). The third-order valence-corrected chi connectivity index (χ3v) is 5.43. The molecule has 1 saturated heterocycles. The summed E-state index contributed by atoms with van der Waals surface area (Å²) in [5, 5.41) is 3.46. The Morgan fingerprint density at radius 2 is 2.04 bits per heavy atom. The summed E-state index contributed by atoms with van der Waals surface area (Å²) in [6.07, 6.45) is 1.64. The summed E-state index contributed by atoms with van der Waals surface area (Å²) in [5.74, 6) is 0.819. The van der Waals surface area contributed by atoms with Crippen LogP contribution in [0.2, 0.25) is 0 Å². The molecule has 1 aromatic heterocycles. The number of anilines is 1. The third-order valence-electron chi connectivity index (χ3n) is 4.54. The van der Waals surface area contributed by atoms with Crippen molar-refractivity contribution >= 4 is 34.8 Å². The monoisotopic (exact) mass is 411 g/mol. The zero-order valence-corrected chi connectivity index (χ0v) is 17.2. The summed E-state index contributed by atoms with van der Waals surface area (Å²) < 4.78 is 10.8. The van der Waals surface area contributed by atoms with E-state index in [1.807, 2.05) is 38.1 Å². The first-order valence-corrected chi connectivity index (χ1v) is 9.75. The van der Waals surface area contributed by atoms with Crippen molar-refractivity contribution in [3.63, 3.8) is 0 Å². The van der Waals surface area contributed by atoms with Gasteiger partial charge in [0.05, 0.1) is 18.3 Å². The fourth-order valence-corrected chi connectivity index (χ4v) is 3.91. The third kappa shape index (κ3) is 5.42. The molecule has 1 aromatic carbocycles. The minimum absolute atomic E-state index is 0. The van der Waals surface area contributed by atoms with Crippen molar-refractivity contribution in [3.8, 4) is 17.0 Å². The zero-order valence-electron chi connectivity index (χ0n) is 15.6. The molecule has 1 amide bonds. The van der Waals surface area contributed by atoms with Crippen LogP contribution >= 0.6 is 23.7 Å². The number of carbonyl (C=O) groups excluding carboxylic acids is 1. The van der Waals surface area contributed by atoms with Crippen LogP contribution in [-0.4, -0.2) is 36.8 Å². The number of nitrogens with zero attached hydrogens (tertiary/aromatic N) is 1. The first kappa shape index (κ1) is 21.6. The van der Waals surface area contributed by atoms with E-state index in [0.29, 0.717) is 25.0 Å². The van der Waals surface area contributed by atoms with Crippen LogP contribution in [0.4, 0.5) is 5.13 Å². The second kappa shape index (κ2) is 10.0. The van der Waals surface area contributed by atoms with Crippen LogP contribution < -0.4 is 15.8 Å². The number of aromatic nitrogens is 1. The summed E-state index contributed by atoms with van der Waals surface area (Å²) in [7, 11) is 0. The summed E-state index contributed by atoms with van der Waals surface area (Å²) in [6.45, 7) is 5.93. The fourth-order valence-electron chi connectivity index (χ4n) is 3.07. The molecule has 3 N–H and O–H groups in total. The molecule has 1 fully saturated rings. The van der Waals surface area contributed by atoms with Gasteiger partial charge in [0.15, 0.2) is 5.13 Å². The smallest absolute Gasteiger partial charge is 0.243 e. The van der Waals surface area contributed by atoms with E-state index in [2.05, 4.69) is 10.3 Å². The van der Waals surface area contributed by atoms with Gasteiger partial charge in [0.2, 0.25) is 5.91 Å². The molecule has 1 atom stereocenters. The molecule has 0 bridgehead atoms. The Hall–Kier alpha value is -1.67. The maximum atomic E-state index is 12.5. The normalized spacial score (nSPS) is 15.7. The minimum Gasteiger partial charge on any atom is -0.494 e. The van der Waals surface area contributed by atoms with Crippen molar-refractivity contribution in [2.45, 2.75) is 32.7 Å². The molecule has 148 valence electrons. The number of rotatable bonds is 6. The van der Waals surface area contributed by atoms with E-state index in [1.54, 1.807) is 0 Å². The number of nitrogens with two attached hydrogens (primary N) is 1. The Balaban J connectivity index is 0.00000261. The van der Waals surface area contributed by atoms with Gasteiger partial charge in [0.25, 0.3) is 0 Å². The highest BCUT2D eigenvalue weighted by Crippen LogP contribution is 2.31. The molecule has 0 aliphatic carbocycles. The highest BCUT2D eigenvalue weighted by atomic mass is 35.5. The molecule has 1 aliphatic heterocycles. The van der Waals surface area contributed by atoms with Gasteiger partial charge in [-0.05, 0) is 56.9 Å². The van der Waals surface area contributed by atoms with E-state index < -0.39 is 6.04 Å². The lowest BCUT2D eigenvalue weighted by Gasteiger charge is -2.26. The van der Waals surface area contributed by atoms with Crippen LogP contribution in [0.3, 0.4) is 0 Å². The van der Waals surface area contributed by atoms with Gasteiger partial charge in [0, 0.05) is 23.7 Å². The average Bonchev–Trinajstić information content (AvgIpc) is 3.03. The van der Waals surface area contributed by atoms with Crippen LogP contribution in [0.1, 0.15) is 24.6 Å². The van der Waals surface area contributed by atoms with Crippen molar-refractivity contribution < 1.29 is 14.3 Å². The Morgan fingerprint density at radius 3 is 2.67 bits per heavy atom. The van der Waals surface area contributed by atoms with E-state index in [1.165, 1.54) is 11.3 Å². The first-order valence-electron chi connectivity index (χ1n) is 8.93. The number of amides is 1. The number of ether oxygens (including phenoxy) is 2. The maximum absolute atomic E-state index is 12.5. The van der Waals surface area contributed by atoms with Gasteiger partial charge in [-0.15, -0.1) is 23.7 Å². The van der Waals surface area contributed by atoms with Crippen LogP contribution in [-0.2, 0) is 9.53 Å². The van der Waals surface area contributed by atoms with E-state index in [0.717, 1.165) is 34.7 Å². The number of carbonyl (C=O) groups is 1. The number of hydrogen-bond acceptors (Lipinski definition) is 6. The molecule has 8 heteroatoms. The molecular formula is C19H26ClN3O3S. The highest BCUT2D eigenvalue weighted by molar-refractivity contribution is 7.16. The van der Waals surface area contributed by atoms with E-state index >= 15 is 0 Å². The lowest BCUT2D eigenvalue weighted by Crippen LogP contribution is -2.43. The number of hydrogen-bond donors (Lipinski definition) is 2. The SMILES string of the molecule is CCOc1ccc(-c2nc(NC(=O)C(N)C3CCOCC3)sc2C)cc1.Cl. The van der Waals surface area contributed by atoms with Gasteiger partial charge >= 0.3 is 0 Å². The molecule has 27 heavy (non-hydrogen) atoms. The Morgan fingerprint density at radius 1 is 1.37 bits per heavy atom. The maximum Gasteiger partial charge on any atom is 0.243 e. The molecule has 0 spiro atoms. The van der Waals surface area contributed by atoms with Crippen molar-refractivity contribution in [2.75, 3.05) is 25.1 Å². The Bertz CT molecular complexity index is 745. The molecule has 6 nitrogen and oxygen atoms in total. The lowest BCUT2D eigenvalue weighted by atomic mass is 9.92. The van der Waals surface area contributed by atoms with Gasteiger partial charge in [-0.2, -0.15) is 0 Å². The summed E-state index contributed by atoms with van der Waals surface area (Å²) >= 11 is 1.46. The Kier molecular flexibility index (Phi) is 8.04. The number of aryl methyl sites for hydroxylation is 1. The Labute approximate surface area is 169 Å². The molecule has 0 saturated carbocycles. The largest absolute Gasteiger partial charge is 0.494 e. The molecule has 2 aromatic rings. The topological polar surface area (TPSA) is 86.5 Å². The number of thiazole rings is 1. The van der Waals surface area contributed by atoms with Crippen LogP contribution in [0.25, 0.3) is 11.3 Å². The van der Waals surface area contributed by atoms with Crippen LogP contribution in [0, 0.1) is 12.8 Å². The van der Waals surface area contributed by atoms with E-state index in [-0.39, 0.29) is 24.2 Å². The first-order chi connectivity index (χ1) is 12.6. The van der Waals surface area contributed by atoms with Crippen molar-refractivity contribution in [1.29, 1.82) is 0 Å². The molecular weight excluding hydrogens is 386 g/mol. The summed E-state index contributed by atoms with van der Waals surface area (Å²) in [6, 6.07) is 7.28. The molecule has 2 heterocycles. The van der Waals surface area contributed by atoms with Crippen molar-refractivity contribution in [3.05, 3.63) is 29.1 Å². The van der Waals surface area contributed by atoms with Crippen LogP contribution in [0.15, 0.2) is 24.3 Å². The number of nitrogens with one attached hydrogen (secondary N) is 1. The van der Waals surface area contributed by atoms with Gasteiger partial charge in [-0.25, -0.2) is 4.98 Å². The summed E-state index contributed by atoms with van der Waals surface area (Å²) in [4.78, 5) is 18.1. The second-order valence-corrected chi connectivity index (χ2v) is 7.55. The predicted molar refractivity (Wildman–Crippen MR) is 111 cm³/mol. The van der Waals surface area contributed by atoms with Crippen molar-refractivity contribution in [1.82, 2.24) is 4.98 Å². The van der Waals surface area contributed by atoms with Crippen LogP contribution in [0.5, 0.6) is 5.75 Å². The quantitative estimate of drug-likeness (QED) is 0.757. The van der Waals surface area contributed by atoms with Crippen molar-refractivity contribution in [2.24, 2.45) is 11.7 Å². The summed E-state index contributed by atoms with van der Waals surface area (Å²) in [5.41, 5.74) is 8.00. The average molecular weight is 412 g/mol.